The molecule has 3 aromatic rings. The number of carbonyl (C=O) groups excluding carboxylic acids is 1. The average Bonchev–Trinajstić information content (AvgIpc) is 2.74. The van der Waals surface area contributed by atoms with E-state index in [2.05, 4.69) is 15.3 Å². The predicted octanol–water partition coefficient (Wildman–Crippen LogP) is 2.81. The number of pyridine rings is 1. The van der Waals surface area contributed by atoms with Crippen LogP contribution in [0.1, 0.15) is 58.6 Å². The van der Waals surface area contributed by atoms with E-state index >= 15 is 0 Å². The Bertz CT molecular complexity index is 1200. The van der Waals surface area contributed by atoms with Crippen LogP contribution in [-0.4, -0.2) is 27.6 Å². The Morgan fingerprint density at radius 1 is 1.12 bits per heavy atom. The highest BCUT2D eigenvalue weighted by Gasteiger charge is 2.21. The first-order valence-electron chi connectivity index (χ1n) is 10.2. The standard InChI is InChI=1S/C23H28N6O3/c1-12-6-16(15(4)32-5)7-13(2)20(12)29-11-27-21(25)19(23(29)31)22(30)28-18-8-17(14(3)24)9-26-10-18/h6-11,14-15H,24-25H2,1-5H3,(H,28,30)/t14-,15+/m0/s1. The number of rotatable bonds is 6. The van der Waals surface area contributed by atoms with E-state index in [9.17, 15) is 9.59 Å². The summed E-state index contributed by atoms with van der Waals surface area (Å²) in [6, 6.07) is 5.34. The molecule has 32 heavy (non-hydrogen) atoms. The number of ether oxygens (including phenoxy) is 1. The highest BCUT2D eigenvalue weighted by molar-refractivity contribution is 6.06. The predicted molar refractivity (Wildman–Crippen MR) is 124 cm³/mol. The van der Waals surface area contributed by atoms with Crippen LogP contribution >= 0.6 is 0 Å². The third-order valence-corrected chi connectivity index (χ3v) is 5.35. The largest absolute Gasteiger partial charge is 0.383 e. The fourth-order valence-corrected chi connectivity index (χ4v) is 3.55. The molecule has 0 bridgehead atoms. The molecular weight excluding hydrogens is 408 g/mol. The molecule has 0 aliphatic heterocycles. The molecule has 1 aromatic carbocycles. The van der Waals surface area contributed by atoms with Gasteiger partial charge in [-0.15, -0.1) is 0 Å². The van der Waals surface area contributed by atoms with Crippen molar-refractivity contribution in [3.05, 3.63) is 75.1 Å². The Kier molecular flexibility index (Phi) is 6.71. The van der Waals surface area contributed by atoms with Crippen LogP contribution in [0.5, 0.6) is 0 Å². The molecule has 1 amide bonds. The number of hydrogen-bond donors (Lipinski definition) is 3. The Balaban J connectivity index is 2.04. The minimum absolute atomic E-state index is 0.0929. The normalized spacial score (nSPS) is 12.9. The van der Waals surface area contributed by atoms with E-state index in [1.807, 2.05) is 39.8 Å². The maximum Gasteiger partial charge on any atom is 0.272 e. The van der Waals surface area contributed by atoms with E-state index in [-0.39, 0.29) is 23.5 Å². The van der Waals surface area contributed by atoms with Crippen LogP contribution < -0.4 is 22.3 Å². The lowest BCUT2D eigenvalue weighted by Crippen LogP contribution is -2.31. The van der Waals surface area contributed by atoms with Crippen molar-refractivity contribution >= 4 is 17.4 Å². The third-order valence-electron chi connectivity index (χ3n) is 5.35. The molecule has 5 N–H and O–H groups in total. The second kappa shape index (κ2) is 9.29. The zero-order chi connectivity index (χ0) is 23.6. The maximum atomic E-state index is 13.3. The lowest BCUT2D eigenvalue weighted by atomic mass is 10.0. The number of aromatic nitrogens is 3. The van der Waals surface area contributed by atoms with Gasteiger partial charge in [-0.3, -0.25) is 19.1 Å². The molecular formula is C23H28N6O3. The van der Waals surface area contributed by atoms with Gasteiger partial charge in [0, 0.05) is 19.3 Å². The number of hydrogen-bond acceptors (Lipinski definition) is 7. The second-order valence-electron chi connectivity index (χ2n) is 7.81. The van der Waals surface area contributed by atoms with E-state index in [1.165, 1.54) is 17.1 Å². The molecule has 168 valence electrons. The summed E-state index contributed by atoms with van der Waals surface area (Å²) in [6.45, 7) is 7.54. The number of benzene rings is 1. The highest BCUT2D eigenvalue weighted by Crippen LogP contribution is 2.25. The molecule has 2 heterocycles. The molecule has 0 fully saturated rings. The summed E-state index contributed by atoms with van der Waals surface area (Å²) < 4.78 is 6.74. The topological polar surface area (TPSA) is 138 Å². The van der Waals surface area contributed by atoms with Crippen molar-refractivity contribution in [2.75, 3.05) is 18.2 Å². The van der Waals surface area contributed by atoms with Crippen LogP contribution in [0.4, 0.5) is 11.5 Å². The molecule has 0 unspecified atom stereocenters. The Hall–Kier alpha value is -3.56. The van der Waals surface area contributed by atoms with E-state index < -0.39 is 11.5 Å². The second-order valence-corrected chi connectivity index (χ2v) is 7.81. The number of nitrogen functional groups attached to an aromatic ring is 1. The van der Waals surface area contributed by atoms with Crippen LogP contribution in [0.3, 0.4) is 0 Å². The SMILES string of the molecule is CO[C@H](C)c1cc(C)c(-n2cnc(N)c(C(=O)Nc3cncc([C@H](C)N)c3)c2=O)c(C)c1. The molecule has 0 spiro atoms. The van der Waals surface area contributed by atoms with Gasteiger partial charge in [-0.2, -0.15) is 0 Å². The number of methoxy groups -OCH3 is 1. The Labute approximate surface area is 186 Å². The maximum absolute atomic E-state index is 13.3. The first kappa shape index (κ1) is 23.1. The van der Waals surface area contributed by atoms with Crippen LogP contribution in [0.15, 0.2) is 41.7 Å². The van der Waals surface area contributed by atoms with Gasteiger partial charge in [0.25, 0.3) is 11.5 Å². The van der Waals surface area contributed by atoms with Crippen molar-refractivity contribution in [3.8, 4) is 5.69 Å². The van der Waals surface area contributed by atoms with Crippen molar-refractivity contribution in [2.45, 2.75) is 39.8 Å². The zero-order valence-corrected chi connectivity index (χ0v) is 18.8. The number of aryl methyl sites for hydroxylation is 2. The fraction of sp³-hybridized carbons (Fsp3) is 0.304. The molecule has 2 aromatic heterocycles. The van der Waals surface area contributed by atoms with Gasteiger partial charge in [0.05, 0.1) is 23.7 Å². The van der Waals surface area contributed by atoms with Gasteiger partial charge in [0.1, 0.15) is 17.7 Å². The quantitative estimate of drug-likeness (QED) is 0.540. The molecule has 0 radical (unpaired) electrons. The van der Waals surface area contributed by atoms with Crippen molar-refractivity contribution in [2.24, 2.45) is 5.73 Å². The molecule has 0 saturated carbocycles. The lowest BCUT2D eigenvalue weighted by Gasteiger charge is -2.18. The van der Waals surface area contributed by atoms with E-state index in [0.29, 0.717) is 11.4 Å². The van der Waals surface area contributed by atoms with Crippen molar-refractivity contribution < 1.29 is 9.53 Å². The zero-order valence-electron chi connectivity index (χ0n) is 18.8. The minimum Gasteiger partial charge on any atom is -0.383 e. The number of nitrogens with zero attached hydrogens (tertiary/aromatic N) is 3. The number of nitrogens with one attached hydrogen (secondary N) is 1. The summed E-state index contributed by atoms with van der Waals surface area (Å²) in [5, 5.41) is 2.67. The molecule has 9 heteroatoms. The van der Waals surface area contributed by atoms with Crippen molar-refractivity contribution in [1.82, 2.24) is 14.5 Å². The third kappa shape index (κ3) is 4.53. The van der Waals surface area contributed by atoms with Crippen LogP contribution in [-0.2, 0) is 4.74 Å². The van der Waals surface area contributed by atoms with Gasteiger partial charge < -0.3 is 21.5 Å². The smallest absolute Gasteiger partial charge is 0.272 e. The van der Waals surface area contributed by atoms with E-state index in [1.54, 1.807) is 19.4 Å². The van der Waals surface area contributed by atoms with Gasteiger partial charge in [-0.1, -0.05) is 12.1 Å². The van der Waals surface area contributed by atoms with Gasteiger partial charge in [-0.25, -0.2) is 4.98 Å². The van der Waals surface area contributed by atoms with Gasteiger partial charge in [-0.05, 0) is 56.0 Å². The van der Waals surface area contributed by atoms with Crippen LogP contribution in [0.25, 0.3) is 5.69 Å². The minimum atomic E-state index is -0.669. The molecule has 9 nitrogen and oxygen atoms in total. The molecule has 3 rings (SSSR count). The Morgan fingerprint density at radius 3 is 2.38 bits per heavy atom. The van der Waals surface area contributed by atoms with Gasteiger partial charge in [0.2, 0.25) is 0 Å². The first-order chi connectivity index (χ1) is 15.1. The lowest BCUT2D eigenvalue weighted by molar-refractivity contribution is 0.102. The van der Waals surface area contributed by atoms with Crippen LogP contribution in [0.2, 0.25) is 0 Å². The van der Waals surface area contributed by atoms with E-state index in [0.717, 1.165) is 22.3 Å². The molecule has 0 saturated heterocycles. The number of carbonyl (C=O) groups is 1. The summed E-state index contributed by atoms with van der Waals surface area (Å²) in [5.41, 5.74) is 15.5. The van der Waals surface area contributed by atoms with Crippen molar-refractivity contribution in [3.63, 3.8) is 0 Å². The Morgan fingerprint density at radius 2 is 1.78 bits per heavy atom. The fourth-order valence-electron chi connectivity index (χ4n) is 3.55. The average molecular weight is 437 g/mol. The summed E-state index contributed by atoms with van der Waals surface area (Å²) in [7, 11) is 1.64. The number of nitrogens with two attached hydrogens (primary N) is 2. The van der Waals surface area contributed by atoms with E-state index in [4.69, 9.17) is 16.2 Å². The van der Waals surface area contributed by atoms with Crippen LogP contribution in [0, 0.1) is 13.8 Å². The summed E-state index contributed by atoms with van der Waals surface area (Å²) in [6.07, 6.45) is 4.33. The molecule has 2 atom stereocenters. The monoisotopic (exact) mass is 436 g/mol. The summed E-state index contributed by atoms with van der Waals surface area (Å²) in [5.74, 6) is -0.821. The summed E-state index contributed by atoms with van der Waals surface area (Å²) >= 11 is 0. The van der Waals surface area contributed by atoms with Gasteiger partial charge in [0.15, 0.2) is 0 Å². The number of amides is 1. The number of anilines is 2. The van der Waals surface area contributed by atoms with Crippen molar-refractivity contribution in [1.29, 1.82) is 0 Å². The first-order valence-corrected chi connectivity index (χ1v) is 10.2. The molecule has 0 aliphatic rings. The van der Waals surface area contributed by atoms with Gasteiger partial charge >= 0.3 is 0 Å². The molecule has 0 aliphatic carbocycles. The highest BCUT2D eigenvalue weighted by atomic mass is 16.5. The summed E-state index contributed by atoms with van der Waals surface area (Å²) in [4.78, 5) is 34.4.